The fourth-order valence-corrected chi connectivity index (χ4v) is 6.31. The molecule has 1 saturated heterocycles. The van der Waals surface area contributed by atoms with E-state index in [1.807, 2.05) is 18.2 Å². The molecule has 5 rings (SSSR count). The first-order valence-corrected chi connectivity index (χ1v) is 12.8. The lowest BCUT2D eigenvalue weighted by Gasteiger charge is -2.31. The molecule has 3 aliphatic rings. The Bertz CT molecular complexity index is 1000. The molecule has 0 radical (unpaired) electrons. The van der Waals surface area contributed by atoms with Crippen LogP contribution in [-0.2, 0) is 11.2 Å². The molecule has 2 aromatic carbocycles. The van der Waals surface area contributed by atoms with Crippen LogP contribution in [0.5, 0.6) is 5.75 Å². The van der Waals surface area contributed by atoms with E-state index in [1.54, 1.807) is 0 Å². The van der Waals surface area contributed by atoms with Crippen LogP contribution in [-0.4, -0.2) is 24.8 Å². The van der Waals surface area contributed by atoms with Gasteiger partial charge in [-0.3, -0.25) is 0 Å². The van der Waals surface area contributed by atoms with Crippen LogP contribution >= 0.6 is 11.6 Å². The van der Waals surface area contributed by atoms with Gasteiger partial charge in [0.2, 0.25) is 0 Å². The van der Waals surface area contributed by atoms with Crippen LogP contribution in [0, 0.1) is 21.6 Å². The number of hydrogen-bond donors (Lipinski definition) is 0. The standard InChI is InChI=1S/C27H31ClN2O4/c28-26-9-6-20(27-15-22(30-32)14-25(34-27)16-29-31)11-21(26)10-17-4-7-23(8-5-17)33-24-12-18-2-1-3-19(18)13-24/h4-9,11,18-19,22,24-25,27H,1-3,10,12-16H2/t18?,19?,22-,24?,25-,27+/m0/s1. The van der Waals surface area contributed by atoms with Crippen molar-refractivity contribution < 1.29 is 9.47 Å². The molecule has 5 atom stereocenters. The smallest absolute Gasteiger partial charge is 0.119 e. The van der Waals surface area contributed by atoms with Crippen molar-refractivity contribution in [3.63, 3.8) is 0 Å². The molecule has 2 aliphatic carbocycles. The van der Waals surface area contributed by atoms with Crippen LogP contribution in [0.2, 0.25) is 5.02 Å². The molecule has 2 unspecified atom stereocenters. The SMILES string of the molecule is O=NC[C@@H]1C[C@H](N=O)C[C@H](c2ccc(Cl)c(Cc3ccc(OC4CC5CCCC5C4)cc3)c2)O1. The first kappa shape index (κ1) is 23.4. The summed E-state index contributed by atoms with van der Waals surface area (Å²) in [6.45, 7) is 0.0273. The molecule has 0 spiro atoms. The maximum atomic E-state index is 11.2. The van der Waals surface area contributed by atoms with Crippen LogP contribution in [0.1, 0.15) is 67.7 Å². The maximum absolute atomic E-state index is 11.2. The molecule has 6 nitrogen and oxygen atoms in total. The first-order valence-electron chi connectivity index (χ1n) is 12.4. The average molecular weight is 483 g/mol. The molecule has 180 valence electrons. The fraction of sp³-hybridized carbons (Fsp3) is 0.556. The highest BCUT2D eigenvalue weighted by Crippen LogP contribution is 2.45. The molecule has 1 aliphatic heterocycles. The summed E-state index contributed by atoms with van der Waals surface area (Å²) in [5.74, 6) is 2.68. The third-order valence-corrected chi connectivity index (χ3v) is 8.18. The van der Waals surface area contributed by atoms with E-state index in [1.165, 1.54) is 32.1 Å². The van der Waals surface area contributed by atoms with Crippen LogP contribution in [0.15, 0.2) is 52.8 Å². The molecular formula is C27H31ClN2O4. The second-order valence-corrected chi connectivity index (χ2v) is 10.5. The molecular weight excluding hydrogens is 452 g/mol. The average Bonchev–Trinajstić information content (AvgIpc) is 3.43. The fourth-order valence-electron chi connectivity index (χ4n) is 6.12. The lowest BCUT2D eigenvalue weighted by Crippen LogP contribution is -2.32. The lowest BCUT2D eigenvalue weighted by molar-refractivity contribution is -0.0530. The highest BCUT2D eigenvalue weighted by atomic mass is 35.5. The largest absolute Gasteiger partial charge is 0.490 e. The number of benzene rings is 2. The van der Waals surface area contributed by atoms with Crippen LogP contribution < -0.4 is 4.74 Å². The minimum atomic E-state index is -0.384. The van der Waals surface area contributed by atoms with Gasteiger partial charge in [-0.15, -0.1) is 0 Å². The third kappa shape index (κ3) is 5.33. The van der Waals surface area contributed by atoms with Gasteiger partial charge in [-0.25, -0.2) is 0 Å². The molecule has 1 heterocycles. The van der Waals surface area contributed by atoms with Gasteiger partial charge in [0.05, 0.1) is 24.4 Å². The van der Waals surface area contributed by atoms with Gasteiger partial charge in [-0.2, -0.15) is 9.81 Å². The minimum absolute atomic E-state index is 0.0273. The molecule has 2 aromatic rings. The Morgan fingerprint density at radius 2 is 1.74 bits per heavy atom. The van der Waals surface area contributed by atoms with Crippen molar-refractivity contribution in [1.82, 2.24) is 0 Å². The third-order valence-electron chi connectivity index (χ3n) is 7.82. The van der Waals surface area contributed by atoms with E-state index in [0.29, 0.717) is 30.4 Å². The summed E-state index contributed by atoms with van der Waals surface area (Å²) in [6, 6.07) is 13.8. The quantitative estimate of drug-likeness (QED) is 0.379. The number of rotatable bonds is 8. The Morgan fingerprint density at radius 1 is 0.971 bits per heavy atom. The number of fused-ring (bicyclic) bond motifs is 1. The Kier molecular flexibility index (Phi) is 7.26. The van der Waals surface area contributed by atoms with Crippen molar-refractivity contribution in [3.8, 4) is 5.75 Å². The predicted octanol–water partition coefficient (Wildman–Crippen LogP) is 7.01. The topological polar surface area (TPSA) is 77.3 Å². The molecule has 0 amide bonds. The molecule has 0 bridgehead atoms. The Balaban J connectivity index is 1.24. The summed E-state index contributed by atoms with van der Waals surface area (Å²) in [6.07, 6.45) is 7.80. The number of halogens is 1. The van der Waals surface area contributed by atoms with Gasteiger partial charge in [0, 0.05) is 17.9 Å². The monoisotopic (exact) mass is 482 g/mol. The van der Waals surface area contributed by atoms with Gasteiger partial charge in [0.15, 0.2) is 0 Å². The lowest BCUT2D eigenvalue weighted by atomic mass is 9.93. The zero-order valence-corrected chi connectivity index (χ0v) is 20.0. The number of hydrogen-bond acceptors (Lipinski definition) is 6. The van der Waals surface area contributed by atoms with E-state index in [0.717, 1.165) is 34.3 Å². The van der Waals surface area contributed by atoms with E-state index < -0.39 is 0 Å². The second-order valence-electron chi connectivity index (χ2n) is 10.1. The Labute approximate surface area is 205 Å². The first-order chi connectivity index (χ1) is 16.6. The number of nitroso groups, excluding NO2 is 2. The maximum Gasteiger partial charge on any atom is 0.119 e. The highest BCUT2D eigenvalue weighted by molar-refractivity contribution is 6.31. The summed E-state index contributed by atoms with van der Waals surface area (Å²) in [5.41, 5.74) is 3.08. The summed E-state index contributed by atoms with van der Waals surface area (Å²) in [4.78, 5) is 21.9. The normalized spacial score (nSPS) is 30.6. The minimum Gasteiger partial charge on any atom is -0.490 e. The molecule has 3 fully saturated rings. The van der Waals surface area contributed by atoms with E-state index in [-0.39, 0.29) is 24.8 Å². The number of nitrogens with zero attached hydrogens (tertiary/aromatic N) is 2. The van der Waals surface area contributed by atoms with Crippen molar-refractivity contribution in [2.45, 2.75) is 75.7 Å². The van der Waals surface area contributed by atoms with Gasteiger partial charge in [-0.1, -0.05) is 65.5 Å². The predicted molar refractivity (Wildman–Crippen MR) is 132 cm³/mol. The van der Waals surface area contributed by atoms with E-state index >= 15 is 0 Å². The highest BCUT2D eigenvalue weighted by Gasteiger charge is 2.38. The zero-order valence-electron chi connectivity index (χ0n) is 19.3. The Morgan fingerprint density at radius 3 is 2.44 bits per heavy atom. The van der Waals surface area contributed by atoms with E-state index in [2.05, 4.69) is 34.6 Å². The molecule has 2 saturated carbocycles. The van der Waals surface area contributed by atoms with Crippen molar-refractivity contribution in [2.75, 3.05) is 6.54 Å². The molecule has 34 heavy (non-hydrogen) atoms. The molecule has 0 N–H and O–H groups in total. The van der Waals surface area contributed by atoms with Crippen molar-refractivity contribution in [3.05, 3.63) is 74.0 Å². The van der Waals surface area contributed by atoms with Gasteiger partial charge in [-0.05, 0) is 66.0 Å². The molecule has 0 aromatic heterocycles. The Hall–Kier alpha value is -2.31. The summed E-state index contributed by atoms with van der Waals surface area (Å²) >= 11 is 6.52. The van der Waals surface area contributed by atoms with E-state index in [9.17, 15) is 9.81 Å². The van der Waals surface area contributed by atoms with Crippen molar-refractivity contribution in [1.29, 1.82) is 0 Å². The summed E-state index contributed by atoms with van der Waals surface area (Å²) in [7, 11) is 0. The molecule has 7 heteroatoms. The zero-order chi connectivity index (χ0) is 23.5. The van der Waals surface area contributed by atoms with Crippen LogP contribution in [0.25, 0.3) is 0 Å². The van der Waals surface area contributed by atoms with E-state index in [4.69, 9.17) is 21.1 Å². The van der Waals surface area contributed by atoms with Gasteiger partial charge in [0.25, 0.3) is 0 Å². The van der Waals surface area contributed by atoms with Crippen molar-refractivity contribution in [2.24, 2.45) is 22.2 Å². The second kappa shape index (κ2) is 10.5. The van der Waals surface area contributed by atoms with Crippen LogP contribution in [0.3, 0.4) is 0 Å². The van der Waals surface area contributed by atoms with Crippen LogP contribution in [0.4, 0.5) is 0 Å². The van der Waals surface area contributed by atoms with Gasteiger partial charge in [0.1, 0.15) is 12.3 Å². The van der Waals surface area contributed by atoms with Crippen molar-refractivity contribution >= 4 is 11.6 Å². The van der Waals surface area contributed by atoms with Gasteiger partial charge >= 0.3 is 0 Å². The summed E-state index contributed by atoms with van der Waals surface area (Å²) < 4.78 is 12.3. The summed E-state index contributed by atoms with van der Waals surface area (Å²) in [5, 5.41) is 6.85. The number of ether oxygens (including phenoxy) is 2. The van der Waals surface area contributed by atoms with Gasteiger partial charge < -0.3 is 9.47 Å².